The Balaban J connectivity index is 1.50. The molecule has 1 fully saturated rings. The lowest BCUT2D eigenvalue weighted by Gasteiger charge is -2.33. The van der Waals surface area contributed by atoms with E-state index in [1.54, 1.807) is 21.4 Å². The number of nitrogens with zero attached hydrogens (tertiary/aromatic N) is 3. The largest absolute Gasteiger partial charge is 0.481 e. The third-order valence-electron chi connectivity index (χ3n) is 5.66. The standard InChI is InChI=1S/C23H23ClF4IN6OP/c24-18-11-14(31-21-32-20(30)33-34-21)10-17(23(27,28)29)19(18)13-3-5-15(6-4-13)36-16-2-1-8-35(12-16)9-7-22(25,26)37/h3,5,10-11,16H,1-2,7-9,12,37H2,(H4,30,31,32,33,34). The Labute approximate surface area is 232 Å². The van der Waals surface area contributed by atoms with Gasteiger partial charge in [0.1, 0.15) is 6.10 Å². The van der Waals surface area contributed by atoms with Crippen LogP contribution >= 0.6 is 43.4 Å². The number of hydrogen-bond acceptors (Lipinski definition) is 6. The molecule has 198 valence electrons. The Morgan fingerprint density at radius 1 is 1.30 bits per heavy atom. The molecule has 0 radical (unpaired) electrons. The van der Waals surface area contributed by atoms with E-state index in [1.807, 2.05) is 4.90 Å². The van der Waals surface area contributed by atoms with E-state index >= 15 is 0 Å². The maximum atomic E-state index is 14.6. The van der Waals surface area contributed by atoms with E-state index in [1.165, 1.54) is 12.1 Å². The van der Waals surface area contributed by atoms with Crippen LogP contribution in [0.4, 0.5) is 35.1 Å². The first-order valence-corrected chi connectivity index (χ1v) is 13.3. The van der Waals surface area contributed by atoms with Crippen LogP contribution in [-0.2, 0) is 3.93 Å². The average molecular weight is 669 g/mol. The van der Waals surface area contributed by atoms with Crippen LogP contribution in [0, 0.1) is 12.1 Å². The molecule has 37 heavy (non-hydrogen) atoms. The van der Waals surface area contributed by atoms with Crippen molar-refractivity contribution in [3.63, 3.8) is 0 Å². The molecule has 2 heterocycles. The number of aromatic amines is 1. The van der Waals surface area contributed by atoms with Crippen molar-refractivity contribution in [2.75, 3.05) is 30.7 Å². The summed E-state index contributed by atoms with van der Waals surface area (Å²) in [6.45, 7) is 1.51. The van der Waals surface area contributed by atoms with Crippen molar-refractivity contribution in [1.29, 1.82) is 0 Å². The van der Waals surface area contributed by atoms with E-state index < -0.39 is 9.59 Å². The summed E-state index contributed by atoms with van der Waals surface area (Å²) in [6, 6.07) is 11.7. The number of halogens is 6. The summed E-state index contributed by atoms with van der Waals surface area (Å²) in [5, 5.41) is 9.14. The molecule has 0 amide bonds. The molecule has 0 spiro atoms. The van der Waals surface area contributed by atoms with Gasteiger partial charge >= 0.3 is 3.93 Å². The molecular weight excluding hydrogens is 646 g/mol. The highest BCUT2D eigenvalue weighted by atomic mass is 127. The van der Waals surface area contributed by atoms with Gasteiger partial charge in [-0.3, -0.25) is 4.90 Å². The number of H-pyrrole nitrogens is 1. The van der Waals surface area contributed by atoms with Gasteiger partial charge in [0, 0.05) is 64.5 Å². The number of ether oxygens (including phenoxy) is 1. The number of aromatic nitrogens is 3. The van der Waals surface area contributed by atoms with Crippen LogP contribution in [0.1, 0.15) is 24.8 Å². The summed E-state index contributed by atoms with van der Waals surface area (Å²) >= 11 is 7.49. The number of likely N-dealkylation sites (tertiary alicyclic amines) is 1. The highest BCUT2D eigenvalue weighted by Gasteiger charge is 2.33. The van der Waals surface area contributed by atoms with Gasteiger partial charge in [-0.2, -0.15) is 13.8 Å². The fourth-order valence-corrected chi connectivity index (χ4v) is 4.90. The topological polar surface area (TPSA) is 92.1 Å². The maximum absolute atomic E-state index is 14.6. The molecule has 7 nitrogen and oxygen atoms in total. The number of benzene rings is 1. The van der Waals surface area contributed by atoms with Gasteiger partial charge in [0.15, 0.2) is 5.75 Å². The third-order valence-corrected chi connectivity index (χ3v) is 6.83. The molecular formula is C23H23ClF4IN6OP. The molecule has 2 aromatic carbocycles. The lowest BCUT2D eigenvalue weighted by molar-refractivity contribution is 0.0500. The van der Waals surface area contributed by atoms with Crippen molar-refractivity contribution < 1.29 is 22.3 Å². The predicted octanol–water partition coefficient (Wildman–Crippen LogP) is 6.24. The van der Waals surface area contributed by atoms with E-state index in [0.717, 1.165) is 42.0 Å². The molecule has 0 aliphatic carbocycles. The van der Waals surface area contributed by atoms with Crippen LogP contribution in [0.5, 0.6) is 5.75 Å². The summed E-state index contributed by atoms with van der Waals surface area (Å²) < 4.78 is 58.3. The minimum Gasteiger partial charge on any atom is -0.481 e. The molecule has 1 aromatic heterocycles. The van der Waals surface area contributed by atoms with Crippen molar-refractivity contribution in [2.24, 2.45) is 0 Å². The van der Waals surface area contributed by atoms with Crippen molar-refractivity contribution in [3.8, 4) is 16.9 Å². The van der Waals surface area contributed by atoms with Gasteiger partial charge in [-0.1, -0.05) is 26.9 Å². The van der Waals surface area contributed by atoms with Gasteiger partial charge in [0.25, 0.3) is 5.66 Å². The van der Waals surface area contributed by atoms with Crippen molar-refractivity contribution >= 4 is 61.0 Å². The first kappa shape index (κ1) is 28.0. The zero-order chi connectivity index (χ0) is 26.8. The number of piperidine rings is 1. The highest BCUT2D eigenvalue weighted by molar-refractivity contribution is 14.1. The zero-order valence-electron chi connectivity index (χ0n) is 19.3. The summed E-state index contributed by atoms with van der Waals surface area (Å²) in [4.78, 5) is 5.84. The van der Waals surface area contributed by atoms with Crippen molar-refractivity contribution in [2.45, 2.75) is 35.0 Å². The monoisotopic (exact) mass is 668 g/mol. The maximum Gasteiger partial charge on any atom is 0.322 e. The van der Waals surface area contributed by atoms with Gasteiger partial charge in [-0.25, -0.2) is 13.9 Å². The highest BCUT2D eigenvalue weighted by Crippen LogP contribution is 2.45. The van der Waals surface area contributed by atoms with Gasteiger partial charge in [-0.15, -0.1) is 5.10 Å². The molecule has 4 rings (SSSR count). The summed E-state index contributed by atoms with van der Waals surface area (Å²) in [5.41, 5.74) is 3.04. The number of alkyl halides is 5. The van der Waals surface area contributed by atoms with E-state index in [2.05, 4.69) is 32.6 Å². The fraction of sp³-hybridized carbons (Fsp3) is 0.391. The summed E-state index contributed by atoms with van der Waals surface area (Å²) in [5.74, 6) is 0.556. The molecule has 1 aliphatic heterocycles. The Morgan fingerprint density at radius 3 is 2.70 bits per heavy atom. The van der Waals surface area contributed by atoms with Crippen LogP contribution in [0.2, 0.25) is 5.02 Å². The normalized spacial score (nSPS) is 16.9. The van der Waals surface area contributed by atoms with E-state index in [-0.39, 0.29) is 52.8 Å². The molecule has 1 saturated heterocycles. The summed E-state index contributed by atoms with van der Waals surface area (Å²) in [6.07, 6.45) is 1.14. The minimum atomic E-state index is -3.26. The minimum absolute atomic E-state index is 0.0620. The lowest BCUT2D eigenvalue weighted by Crippen LogP contribution is -2.42. The molecule has 2 atom stereocenters. The van der Waals surface area contributed by atoms with E-state index in [0.29, 0.717) is 17.9 Å². The molecule has 0 saturated carbocycles. The van der Waals surface area contributed by atoms with Gasteiger partial charge in [-0.05, 0) is 49.7 Å². The first-order valence-electron chi connectivity index (χ1n) is 11.2. The molecule has 0 bridgehead atoms. The second kappa shape index (κ2) is 11.4. The fourth-order valence-electron chi connectivity index (χ4n) is 4.02. The van der Waals surface area contributed by atoms with Crippen LogP contribution < -0.4 is 15.8 Å². The van der Waals surface area contributed by atoms with Crippen LogP contribution in [0.15, 0.2) is 24.3 Å². The second-order valence-electron chi connectivity index (χ2n) is 8.60. The van der Waals surface area contributed by atoms with Crippen LogP contribution in [-0.4, -0.2) is 51.5 Å². The quantitative estimate of drug-likeness (QED) is 0.108. The van der Waals surface area contributed by atoms with Gasteiger partial charge < -0.3 is 15.8 Å². The van der Waals surface area contributed by atoms with Crippen LogP contribution in [0.3, 0.4) is 0 Å². The zero-order valence-corrected chi connectivity index (χ0v) is 23.4. The lowest BCUT2D eigenvalue weighted by atomic mass is 10.00. The molecule has 2 unspecified atom stereocenters. The Hall–Kier alpha value is -2.07. The first-order chi connectivity index (χ1) is 17.4. The number of rotatable bonds is 9. The van der Waals surface area contributed by atoms with E-state index in [4.69, 9.17) is 22.1 Å². The Morgan fingerprint density at radius 2 is 2.08 bits per heavy atom. The second-order valence-corrected chi connectivity index (χ2v) is 11.2. The number of nitrogen functional groups attached to an aromatic ring is 1. The van der Waals surface area contributed by atoms with E-state index in [9.17, 15) is 17.6 Å². The number of nitrogens with one attached hydrogen (secondary N) is 2. The number of hydrogen-bond donors (Lipinski definition) is 3. The number of anilines is 3. The summed E-state index contributed by atoms with van der Waals surface area (Å²) in [7, 11) is 1.56. The van der Waals surface area contributed by atoms with Crippen molar-refractivity contribution in [3.05, 3.63) is 47.0 Å². The van der Waals surface area contributed by atoms with Crippen LogP contribution in [0.25, 0.3) is 11.1 Å². The Kier molecular flexibility index (Phi) is 8.58. The predicted molar refractivity (Wildman–Crippen MR) is 146 cm³/mol. The Bertz CT molecular complexity index is 1220. The molecule has 14 heteroatoms. The molecule has 1 aliphatic rings. The molecule has 4 N–H and O–H groups in total. The third kappa shape index (κ3) is 7.72. The van der Waals surface area contributed by atoms with Gasteiger partial charge in [0.2, 0.25) is 11.9 Å². The van der Waals surface area contributed by atoms with Gasteiger partial charge in [0.05, 0.1) is 5.02 Å². The average Bonchev–Trinajstić information content (AvgIpc) is 3.22. The van der Waals surface area contributed by atoms with Crippen molar-refractivity contribution in [1.82, 2.24) is 20.1 Å². The molecule has 3 aromatic rings. The SMILES string of the molecule is Nc1nc(Nc2cc(Cl)c(-c3c#cc(OC4CCCN(CCC(F)(F)P)C4)cc3)c(C(F)(F)I)c2)n[nH]1. The number of nitrogens with two attached hydrogens (primary N) is 1. The smallest absolute Gasteiger partial charge is 0.322 e.